The van der Waals surface area contributed by atoms with Crippen molar-refractivity contribution in [1.82, 2.24) is 5.32 Å². The van der Waals surface area contributed by atoms with Gasteiger partial charge >= 0.3 is 19.8 Å². The van der Waals surface area contributed by atoms with Gasteiger partial charge in [-0.2, -0.15) is 0 Å². The molecule has 4 N–H and O–H groups in total. The molecule has 0 aromatic rings. The Balaban J connectivity index is 3.76. The zero-order chi connectivity index (χ0) is 46.3. The summed E-state index contributed by atoms with van der Waals surface area (Å²) >= 11 is 0. The van der Waals surface area contributed by atoms with Gasteiger partial charge in [-0.05, 0) is 38.5 Å². The number of aliphatic carboxylic acids is 1. The number of amides is 1. The predicted molar refractivity (Wildman–Crippen MR) is 259 cm³/mol. The van der Waals surface area contributed by atoms with Crippen molar-refractivity contribution >= 4 is 25.7 Å². The maximum Gasteiger partial charge on any atom is 0.472 e. The average Bonchev–Trinajstić information content (AvgIpc) is 3.26. The molecule has 0 aliphatic heterocycles. The number of carbonyl (C=O) groups is 3. The molecule has 0 spiro atoms. The number of carboxylic acids is 1. The number of ether oxygens (including phenoxy) is 1. The highest BCUT2D eigenvalue weighted by Gasteiger charge is 2.28. The van der Waals surface area contributed by atoms with Crippen molar-refractivity contribution in [2.75, 3.05) is 19.8 Å². The third-order valence-corrected chi connectivity index (χ3v) is 12.8. The molecule has 0 aromatic heterocycles. The van der Waals surface area contributed by atoms with Crippen LogP contribution < -0.4 is 5.32 Å². The maximum absolute atomic E-state index is 12.3. The molecule has 0 saturated carbocycles. The van der Waals surface area contributed by atoms with Crippen molar-refractivity contribution in [3.05, 3.63) is 12.2 Å². The van der Waals surface area contributed by atoms with Crippen LogP contribution in [0.5, 0.6) is 0 Å². The molecular weight excluding hydrogens is 818 g/mol. The number of hydrogen-bond donors (Lipinski definition) is 4. The minimum absolute atomic E-state index is 0.152. The maximum atomic E-state index is 12.3. The van der Waals surface area contributed by atoms with E-state index in [0.717, 1.165) is 38.5 Å². The first-order valence-corrected chi connectivity index (χ1v) is 27.7. The summed E-state index contributed by atoms with van der Waals surface area (Å²) in [6.45, 7) is 2.64. The number of esters is 1. The van der Waals surface area contributed by atoms with Crippen LogP contribution in [0.4, 0.5) is 0 Å². The number of carboxylic acid groups (broad SMARTS) is 1. The van der Waals surface area contributed by atoms with Crippen molar-refractivity contribution < 1.29 is 47.8 Å². The number of phosphoric ester groups is 1. The normalized spacial score (nSPS) is 13.6. The molecule has 0 aromatic carbocycles. The molecule has 12 heteroatoms. The van der Waals surface area contributed by atoms with Crippen LogP contribution in [0.3, 0.4) is 0 Å². The van der Waals surface area contributed by atoms with Crippen LogP contribution >= 0.6 is 7.82 Å². The van der Waals surface area contributed by atoms with Crippen LogP contribution in [0, 0.1) is 0 Å². The molecule has 3 atom stereocenters. The van der Waals surface area contributed by atoms with E-state index in [0.29, 0.717) is 12.8 Å². The molecule has 0 rings (SSSR count). The summed E-state index contributed by atoms with van der Waals surface area (Å²) in [7, 11) is -4.76. The number of aliphatic hydroxyl groups excluding tert-OH is 1. The minimum atomic E-state index is -4.76. The van der Waals surface area contributed by atoms with Gasteiger partial charge in [-0.1, -0.05) is 225 Å². The Hall–Kier alpha value is -1.78. The number of rotatable bonds is 50. The molecule has 11 nitrogen and oxygen atoms in total. The van der Waals surface area contributed by atoms with Crippen LogP contribution in [0.25, 0.3) is 0 Å². The minimum Gasteiger partial charge on any atom is -0.480 e. The third kappa shape index (κ3) is 46.5. The summed E-state index contributed by atoms with van der Waals surface area (Å²) in [5, 5.41) is 21.9. The summed E-state index contributed by atoms with van der Waals surface area (Å²) in [6, 6.07) is -1.54. The van der Waals surface area contributed by atoms with Gasteiger partial charge in [0.25, 0.3) is 0 Å². The smallest absolute Gasteiger partial charge is 0.472 e. The molecule has 372 valence electrons. The largest absolute Gasteiger partial charge is 0.480 e. The van der Waals surface area contributed by atoms with Crippen molar-refractivity contribution in [2.24, 2.45) is 0 Å². The van der Waals surface area contributed by atoms with Gasteiger partial charge in [-0.3, -0.25) is 18.6 Å². The first kappa shape index (κ1) is 61.2. The van der Waals surface area contributed by atoms with E-state index >= 15 is 0 Å². The predicted octanol–water partition coefficient (Wildman–Crippen LogP) is 14.4. The highest BCUT2D eigenvalue weighted by Crippen LogP contribution is 2.43. The van der Waals surface area contributed by atoms with Gasteiger partial charge in [0.15, 0.2) is 6.04 Å². The van der Waals surface area contributed by atoms with E-state index in [1.165, 1.54) is 186 Å². The fourth-order valence-electron chi connectivity index (χ4n) is 7.72. The van der Waals surface area contributed by atoms with E-state index in [1.54, 1.807) is 0 Å². The van der Waals surface area contributed by atoms with E-state index < -0.39 is 57.6 Å². The number of phosphoric acid groups is 1. The van der Waals surface area contributed by atoms with Crippen LogP contribution in [-0.2, 0) is 32.7 Å². The molecule has 0 aliphatic carbocycles. The summed E-state index contributed by atoms with van der Waals surface area (Å²) in [5.74, 6) is -2.35. The number of unbranched alkanes of at least 4 members (excludes halogenated alkanes) is 34. The third-order valence-electron chi connectivity index (χ3n) is 11.8. The second kappa shape index (κ2) is 46.7. The summed E-state index contributed by atoms with van der Waals surface area (Å²) in [6.07, 6.45) is 49.5. The SMILES string of the molecule is CCCCCCCC/C=C/CCCCCCCCCCCCCCCC(=O)OCC(O)COP(=O)(O)OCC(NC(=O)CCCCCCCCCCCCCCCCCC)C(=O)O. The molecule has 3 unspecified atom stereocenters. The highest BCUT2D eigenvalue weighted by molar-refractivity contribution is 7.47. The molecule has 63 heavy (non-hydrogen) atoms. The first-order chi connectivity index (χ1) is 30.6. The van der Waals surface area contributed by atoms with Gasteiger partial charge in [-0.25, -0.2) is 9.36 Å². The Morgan fingerprint density at radius 2 is 0.825 bits per heavy atom. The van der Waals surface area contributed by atoms with Crippen molar-refractivity contribution in [1.29, 1.82) is 0 Å². The molecule has 0 radical (unpaired) electrons. The van der Waals surface area contributed by atoms with E-state index in [4.69, 9.17) is 13.8 Å². The van der Waals surface area contributed by atoms with Gasteiger partial charge in [-0.15, -0.1) is 0 Å². The van der Waals surface area contributed by atoms with E-state index in [1.807, 2.05) is 0 Å². The lowest BCUT2D eigenvalue weighted by atomic mass is 10.0. The lowest BCUT2D eigenvalue weighted by molar-refractivity contribution is -0.147. The zero-order valence-electron chi connectivity index (χ0n) is 40.7. The Morgan fingerprint density at radius 1 is 0.492 bits per heavy atom. The standard InChI is InChI=1S/C51H98NO10P/c1-3-5-7-9-11-13-15-17-19-21-22-23-24-25-26-27-29-31-33-35-37-39-41-43-50(55)60-44-47(53)45-61-63(58,59)62-46-48(51(56)57)52-49(54)42-40-38-36-34-32-30-28-20-18-16-14-12-10-8-6-4-2/h17,19,47-48,53H,3-16,18,20-46H2,1-2H3,(H,52,54)(H,56,57)(H,58,59)/b19-17+. The molecule has 0 fully saturated rings. The second-order valence-electron chi connectivity index (χ2n) is 18.1. The molecule has 0 heterocycles. The van der Waals surface area contributed by atoms with Gasteiger partial charge in [0.05, 0.1) is 13.2 Å². The molecular formula is C51H98NO10P. The van der Waals surface area contributed by atoms with E-state index in [2.05, 4.69) is 31.3 Å². The van der Waals surface area contributed by atoms with Crippen LogP contribution in [0.2, 0.25) is 0 Å². The Bertz CT molecular complexity index is 1120. The lowest BCUT2D eigenvalue weighted by Crippen LogP contribution is -2.43. The number of aliphatic hydroxyl groups is 1. The van der Waals surface area contributed by atoms with Crippen molar-refractivity contribution in [3.63, 3.8) is 0 Å². The van der Waals surface area contributed by atoms with Gasteiger partial charge < -0.3 is 25.2 Å². The summed E-state index contributed by atoms with van der Waals surface area (Å²) in [5.41, 5.74) is 0. The van der Waals surface area contributed by atoms with Crippen LogP contribution in [0.15, 0.2) is 12.2 Å². The molecule has 0 aliphatic rings. The summed E-state index contributed by atoms with van der Waals surface area (Å²) in [4.78, 5) is 46.1. The molecule has 0 saturated heterocycles. The van der Waals surface area contributed by atoms with Crippen molar-refractivity contribution in [2.45, 2.75) is 276 Å². The van der Waals surface area contributed by atoms with Crippen LogP contribution in [0.1, 0.15) is 264 Å². The van der Waals surface area contributed by atoms with Crippen molar-refractivity contribution in [3.8, 4) is 0 Å². The highest BCUT2D eigenvalue weighted by atomic mass is 31.2. The topological polar surface area (TPSA) is 169 Å². The fourth-order valence-corrected chi connectivity index (χ4v) is 8.50. The number of carbonyl (C=O) groups excluding carboxylic acids is 2. The van der Waals surface area contributed by atoms with Crippen LogP contribution in [-0.4, -0.2) is 64.9 Å². The number of nitrogens with one attached hydrogen (secondary N) is 1. The average molecular weight is 916 g/mol. The Morgan fingerprint density at radius 3 is 1.21 bits per heavy atom. The second-order valence-corrected chi connectivity index (χ2v) is 19.5. The quantitative estimate of drug-likeness (QED) is 0.0199. The Kier molecular flexibility index (Phi) is 45.4. The Labute approximate surface area is 386 Å². The number of allylic oxidation sites excluding steroid dienone is 2. The van der Waals surface area contributed by atoms with Gasteiger partial charge in [0.2, 0.25) is 5.91 Å². The molecule has 1 amide bonds. The van der Waals surface area contributed by atoms with Gasteiger partial charge in [0.1, 0.15) is 12.7 Å². The van der Waals surface area contributed by atoms with Gasteiger partial charge in [0, 0.05) is 12.8 Å². The monoisotopic (exact) mass is 916 g/mol. The lowest BCUT2D eigenvalue weighted by Gasteiger charge is -2.18. The fraction of sp³-hybridized carbons (Fsp3) is 0.902. The number of hydrogen-bond acceptors (Lipinski definition) is 8. The van der Waals surface area contributed by atoms with E-state index in [-0.39, 0.29) is 12.8 Å². The van der Waals surface area contributed by atoms with E-state index in [9.17, 15) is 34.1 Å². The molecule has 0 bridgehead atoms. The first-order valence-electron chi connectivity index (χ1n) is 26.2. The zero-order valence-corrected chi connectivity index (χ0v) is 41.5. The summed E-state index contributed by atoms with van der Waals surface area (Å²) < 4.78 is 27.0.